The number of nitrogens with zero attached hydrogens (tertiary/aromatic N) is 2. The van der Waals surface area contributed by atoms with Gasteiger partial charge in [0.2, 0.25) is 5.89 Å². The lowest BCUT2D eigenvalue weighted by Gasteiger charge is -2.20. The Morgan fingerprint density at radius 2 is 2.53 bits per heavy atom. The van der Waals surface area contributed by atoms with Crippen LogP contribution < -0.4 is 5.32 Å². The zero-order chi connectivity index (χ0) is 10.5. The number of morpholine rings is 1. The van der Waals surface area contributed by atoms with Crippen molar-refractivity contribution in [1.29, 1.82) is 0 Å². The molecule has 84 valence electrons. The summed E-state index contributed by atoms with van der Waals surface area (Å²) >= 11 is 0. The van der Waals surface area contributed by atoms with E-state index in [0.717, 1.165) is 13.2 Å². The van der Waals surface area contributed by atoms with E-state index in [1.165, 1.54) is 0 Å². The van der Waals surface area contributed by atoms with E-state index in [-0.39, 0.29) is 6.04 Å². The van der Waals surface area contributed by atoms with Crippen molar-refractivity contribution in [2.45, 2.75) is 19.6 Å². The zero-order valence-corrected chi connectivity index (χ0v) is 8.73. The van der Waals surface area contributed by atoms with Gasteiger partial charge in [0.05, 0.1) is 13.2 Å². The second-order valence-electron chi connectivity index (χ2n) is 3.27. The maximum Gasteiger partial charge on any atom is 0.246 e. The first-order valence-electron chi connectivity index (χ1n) is 5.11. The van der Waals surface area contributed by atoms with E-state index >= 15 is 0 Å². The van der Waals surface area contributed by atoms with Crippen molar-refractivity contribution >= 4 is 0 Å². The molecule has 15 heavy (non-hydrogen) atoms. The first-order chi connectivity index (χ1) is 7.40. The Kier molecular flexibility index (Phi) is 3.65. The molecule has 0 aliphatic carbocycles. The molecule has 1 fully saturated rings. The first-order valence-corrected chi connectivity index (χ1v) is 5.11. The summed E-state index contributed by atoms with van der Waals surface area (Å²) in [6, 6.07) is 0.0154. The third-order valence-corrected chi connectivity index (χ3v) is 2.14. The molecule has 0 aromatic carbocycles. The van der Waals surface area contributed by atoms with Crippen LogP contribution in [0.1, 0.15) is 24.7 Å². The highest BCUT2D eigenvalue weighted by Gasteiger charge is 2.21. The Hall–Kier alpha value is -0.980. The molecule has 1 atom stereocenters. The lowest BCUT2D eigenvalue weighted by Crippen LogP contribution is -2.34. The lowest BCUT2D eigenvalue weighted by atomic mass is 10.3. The minimum Gasteiger partial charge on any atom is -0.378 e. The molecule has 6 nitrogen and oxygen atoms in total. The van der Waals surface area contributed by atoms with E-state index in [0.29, 0.717) is 31.5 Å². The number of hydrogen-bond acceptors (Lipinski definition) is 6. The molecule has 0 bridgehead atoms. The number of aromatic nitrogens is 2. The van der Waals surface area contributed by atoms with Crippen LogP contribution in [0.25, 0.3) is 0 Å². The molecule has 1 aromatic rings. The highest BCUT2D eigenvalue weighted by Crippen LogP contribution is 2.13. The van der Waals surface area contributed by atoms with E-state index < -0.39 is 0 Å². The maximum atomic E-state index is 5.31. The van der Waals surface area contributed by atoms with Crippen molar-refractivity contribution < 1.29 is 14.0 Å². The first kappa shape index (κ1) is 10.5. The number of hydrogen-bond donors (Lipinski definition) is 1. The van der Waals surface area contributed by atoms with Gasteiger partial charge >= 0.3 is 0 Å². The van der Waals surface area contributed by atoms with Crippen LogP contribution >= 0.6 is 0 Å². The Balaban J connectivity index is 1.93. The molecule has 0 spiro atoms. The number of rotatable bonds is 4. The molecular weight excluding hydrogens is 198 g/mol. The maximum absolute atomic E-state index is 5.31. The molecule has 0 radical (unpaired) electrons. The smallest absolute Gasteiger partial charge is 0.246 e. The molecule has 2 rings (SSSR count). The predicted octanol–water partition coefficient (Wildman–Crippen LogP) is 0.267. The topological polar surface area (TPSA) is 69.4 Å². The quantitative estimate of drug-likeness (QED) is 0.774. The van der Waals surface area contributed by atoms with Crippen molar-refractivity contribution in [2.75, 3.05) is 26.4 Å². The average molecular weight is 213 g/mol. The van der Waals surface area contributed by atoms with Crippen LogP contribution in [0.2, 0.25) is 0 Å². The van der Waals surface area contributed by atoms with Gasteiger partial charge in [0.15, 0.2) is 5.82 Å². The summed E-state index contributed by atoms with van der Waals surface area (Å²) in [5, 5.41) is 7.06. The van der Waals surface area contributed by atoms with Gasteiger partial charge in [-0.05, 0) is 6.92 Å². The van der Waals surface area contributed by atoms with Gasteiger partial charge in [-0.15, -0.1) is 0 Å². The van der Waals surface area contributed by atoms with Gasteiger partial charge in [0.1, 0.15) is 12.6 Å². The lowest BCUT2D eigenvalue weighted by molar-refractivity contribution is 0.0659. The SMILES string of the molecule is CCOCc1noc(C2COCCN2)n1. The highest BCUT2D eigenvalue weighted by atomic mass is 16.5. The van der Waals surface area contributed by atoms with Crippen LogP contribution in [0, 0.1) is 0 Å². The molecule has 6 heteroatoms. The zero-order valence-electron chi connectivity index (χ0n) is 8.73. The summed E-state index contributed by atoms with van der Waals surface area (Å²) in [5.74, 6) is 1.16. The van der Waals surface area contributed by atoms with Gasteiger partial charge in [-0.1, -0.05) is 5.16 Å². The second-order valence-corrected chi connectivity index (χ2v) is 3.27. The van der Waals surface area contributed by atoms with Crippen molar-refractivity contribution in [3.05, 3.63) is 11.7 Å². The van der Waals surface area contributed by atoms with Gasteiger partial charge in [-0.25, -0.2) is 0 Å². The molecule has 1 unspecified atom stereocenters. The highest BCUT2D eigenvalue weighted by molar-refractivity contribution is 4.93. The molecule has 1 N–H and O–H groups in total. The molecular formula is C9H15N3O3. The Morgan fingerprint density at radius 3 is 3.27 bits per heavy atom. The van der Waals surface area contributed by atoms with Crippen LogP contribution in [-0.4, -0.2) is 36.5 Å². The van der Waals surface area contributed by atoms with Crippen LogP contribution in [0.5, 0.6) is 0 Å². The fourth-order valence-corrected chi connectivity index (χ4v) is 1.39. The van der Waals surface area contributed by atoms with E-state index in [1.54, 1.807) is 0 Å². The van der Waals surface area contributed by atoms with E-state index in [4.69, 9.17) is 14.0 Å². The molecule has 0 saturated carbocycles. The third kappa shape index (κ3) is 2.74. The molecule has 1 saturated heterocycles. The number of ether oxygens (including phenoxy) is 2. The number of nitrogens with one attached hydrogen (secondary N) is 1. The summed E-state index contributed by atoms with van der Waals surface area (Å²) in [7, 11) is 0. The van der Waals surface area contributed by atoms with Crippen LogP contribution in [-0.2, 0) is 16.1 Å². The third-order valence-electron chi connectivity index (χ3n) is 2.14. The minimum absolute atomic E-state index is 0.0154. The summed E-state index contributed by atoms with van der Waals surface area (Å²) in [4.78, 5) is 4.23. The van der Waals surface area contributed by atoms with Crippen molar-refractivity contribution in [3.63, 3.8) is 0 Å². The monoisotopic (exact) mass is 213 g/mol. The van der Waals surface area contributed by atoms with Crippen LogP contribution in [0.3, 0.4) is 0 Å². The Bertz CT molecular complexity index is 297. The van der Waals surface area contributed by atoms with Gasteiger partial charge in [-0.3, -0.25) is 0 Å². The predicted molar refractivity (Wildman–Crippen MR) is 51.2 cm³/mol. The molecule has 1 aliphatic heterocycles. The largest absolute Gasteiger partial charge is 0.378 e. The van der Waals surface area contributed by atoms with Crippen LogP contribution in [0.4, 0.5) is 0 Å². The van der Waals surface area contributed by atoms with Gasteiger partial charge in [0, 0.05) is 13.2 Å². The average Bonchev–Trinajstić information content (AvgIpc) is 2.76. The minimum atomic E-state index is 0.0154. The second kappa shape index (κ2) is 5.20. The van der Waals surface area contributed by atoms with Crippen molar-refractivity contribution in [3.8, 4) is 0 Å². The summed E-state index contributed by atoms with van der Waals surface area (Å²) in [5.41, 5.74) is 0. The molecule has 0 amide bonds. The fraction of sp³-hybridized carbons (Fsp3) is 0.778. The fourth-order valence-electron chi connectivity index (χ4n) is 1.39. The van der Waals surface area contributed by atoms with Crippen molar-refractivity contribution in [1.82, 2.24) is 15.5 Å². The van der Waals surface area contributed by atoms with E-state index in [9.17, 15) is 0 Å². The Labute approximate surface area is 87.9 Å². The van der Waals surface area contributed by atoms with E-state index in [2.05, 4.69) is 15.5 Å². The summed E-state index contributed by atoms with van der Waals surface area (Å²) < 4.78 is 15.6. The normalized spacial score (nSPS) is 21.8. The van der Waals surface area contributed by atoms with Crippen LogP contribution in [0.15, 0.2) is 4.52 Å². The summed E-state index contributed by atoms with van der Waals surface area (Å²) in [6.07, 6.45) is 0. The standard InChI is InChI=1S/C9H15N3O3/c1-2-13-6-8-11-9(15-12-8)7-5-14-4-3-10-7/h7,10H,2-6H2,1H3. The Morgan fingerprint density at radius 1 is 1.60 bits per heavy atom. The summed E-state index contributed by atoms with van der Waals surface area (Å²) in [6.45, 7) is 5.10. The van der Waals surface area contributed by atoms with Gasteiger partial charge in [-0.2, -0.15) is 4.98 Å². The van der Waals surface area contributed by atoms with E-state index in [1.807, 2.05) is 6.92 Å². The molecule has 1 aliphatic rings. The molecule has 2 heterocycles. The van der Waals surface area contributed by atoms with Gasteiger partial charge in [0.25, 0.3) is 0 Å². The molecule has 1 aromatic heterocycles. The van der Waals surface area contributed by atoms with Gasteiger partial charge < -0.3 is 19.3 Å². The van der Waals surface area contributed by atoms with Crippen molar-refractivity contribution in [2.24, 2.45) is 0 Å².